The van der Waals surface area contributed by atoms with Crippen LogP contribution in [0.1, 0.15) is 34.1 Å². The molecule has 0 radical (unpaired) electrons. The van der Waals surface area contributed by atoms with Crippen molar-refractivity contribution in [3.8, 4) is 0 Å². The second-order valence-electron chi connectivity index (χ2n) is 5.44. The predicted octanol–water partition coefficient (Wildman–Crippen LogP) is 5.06. The van der Waals surface area contributed by atoms with E-state index in [0.717, 1.165) is 27.7 Å². The Labute approximate surface area is 134 Å². The summed E-state index contributed by atoms with van der Waals surface area (Å²) in [5, 5.41) is 0.932. The van der Waals surface area contributed by atoms with E-state index in [-0.39, 0.29) is 11.6 Å². The number of hydrogen-bond acceptors (Lipinski definition) is 2. The first-order chi connectivity index (χ1) is 11.1. The van der Waals surface area contributed by atoms with Gasteiger partial charge in [-0.1, -0.05) is 42.5 Å². The van der Waals surface area contributed by atoms with Crippen molar-refractivity contribution in [2.45, 2.75) is 13.8 Å². The van der Waals surface area contributed by atoms with E-state index in [0.29, 0.717) is 5.56 Å². The number of aromatic nitrogens is 1. The molecule has 0 bridgehead atoms. The molecule has 0 saturated carbocycles. The largest absolute Gasteiger partial charge is 0.294 e. The molecule has 0 saturated heterocycles. The van der Waals surface area contributed by atoms with Crippen molar-refractivity contribution < 1.29 is 9.18 Å². The van der Waals surface area contributed by atoms with Crippen LogP contribution in [0.2, 0.25) is 0 Å². The van der Waals surface area contributed by atoms with E-state index in [4.69, 9.17) is 0 Å². The lowest BCUT2D eigenvalue weighted by Gasteiger charge is -2.10. The first-order valence-electron chi connectivity index (χ1n) is 7.40. The SMILES string of the molecule is CC(=O)c1c(C)nc2ccccc2c1/C=C/c1ccc(F)cc1. The molecule has 3 aromatic rings. The summed E-state index contributed by atoms with van der Waals surface area (Å²) in [5.41, 5.74) is 3.93. The van der Waals surface area contributed by atoms with E-state index >= 15 is 0 Å². The smallest absolute Gasteiger partial charge is 0.162 e. The van der Waals surface area contributed by atoms with E-state index in [1.807, 2.05) is 43.3 Å². The summed E-state index contributed by atoms with van der Waals surface area (Å²) in [6.07, 6.45) is 3.79. The topological polar surface area (TPSA) is 30.0 Å². The number of ketones is 1. The van der Waals surface area contributed by atoms with Gasteiger partial charge in [0.05, 0.1) is 5.52 Å². The van der Waals surface area contributed by atoms with Crippen LogP contribution in [0.25, 0.3) is 23.1 Å². The number of benzene rings is 2. The Morgan fingerprint density at radius 1 is 1.04 bits per heavy atom. The zero-order valence-electron chi connectivity index (χ0n) is 13.0. The van der Waals surface area contributed by atoms with E-state index in [2.05, 4.69) is 4.98 Å². The number of para-hydroxylation sites is 1. The monoisotopic (exact) mass is 305 g/mol. The highest BCUT2D eigenvalue weighted by molar-refractivity contribution is 6.05. The third-order valence-electron chi connectivity index (χ3n) is 3.78. The second kappa shape index (κ2) is 6.13. The molecule has 1 aromatic heterocycles. The molecule has 0 N–H and O–H groups in total. The molecule has 23 heavy (non-hydrogen) atoms. The predicted molar refractivity (Wildman–Crippen MR) is 91.8 cm³/mol. The highest BCUT2D eigenvalue weighted by Crippen LogP contribution is 2.26. The summed E-state index contributed by atoms with van der Waals surface area (Å²) >= 11 is 0. The fourth-order valence-corrected chi connectivity index (χ4v) is 2.74. The van der Waals surface area contributed by atoms with Gasteiger partial charge in [-0.25, -0.2) is 4.39 Å². The molecular formula is C20H16FNO. The minimum absolute atomic E-state index is 0.0143. The quantitative estimate of drug-likeness (QED) is 0.633. The molecular weight excluding hydrogens is 289 g/mol. The second-order valence-corrected chi connectivity index (χ2v) is 5.44. The molecule has 3 heteroatoms. The molecule has 0 atom stereocenters. The van der Waals surface area contributed by atoms with Gasteiger partial charge in [-0.05, 0) is 43.2 Å². The Kier molecular flexibility index (Phi) is 4.02. The normalized spacial score (nSPS) is 11.3. The first kappa shape index (κ1) is 15.1. The number of carbonyl (C=O) groups is 1. The van der Waals surface area contributed by atoms with Gasteiger partial charge in [0.2, 0.25) is 0 Å². The maximum Gasteiger partial charge on any atom is 0.162 e. The average Bonchev–Trinajstić information content (AvgIpc) is 2.53. The Hall–Kier alpha value is -2.81. The van der Waals surface area contributed by atoms with Crippen LogP contribution < -0.4 is 0 Å². The molecule has 0 spiro atoms. The molecule has 0 amide bonds. The molecule has 2 nitrogen and oxygen atoms in total. The van der Waals surface area contributed by atoms with Crippen molar-refractivity contribution in [2.75, 3.05) is 0 Å². The summed E-state index contributed by atoms with van der Waals surface area (Å²) in [6, 6.07) is 14.0. The summed E-state index contributed by atoms with van der Waals surface area (Å²) in [6.45, 7) is 3.40. The van der Waals surface area contributed by atoms with E-state index in [1.54, 1.807) is 19.1 Å². The van der Waals surface area contributed by atoms with Crippen molar-refractivity contribution >= 4 is 28.8 Å². The van der Waals surface area contributed by atoms with Crippen molar-refractivity contribution in [1.82, 2.24) is 4.98 Å². The molecule has 1 heterocycles. The van der Waals surface area contributed by atoms with Gasteiger partial charge in [0.25, 0.3) is 0 Å². The minimum Gasteiger partial charge on any atom is -0.294 e. The lowest BCUT2D eigenvalue weighted by Crippen LogP contribution is -2.03. The molecule has 0 unspecified atom stereocenters. The number of rotatable bonds is 3. The van der Waals surface area contributed by atoms with Crippen molar-refractivity contribution in [2.24, 2.45) is 0 Å². The van der Waals surface area contributed by atoms with Crippen LogP contribution in [0, 0.1) is 12.7 Å². The van der Waals surface area contributed by atoms with Crippen molar-refractivity contribution in [3.63, 3.8) is 0 Å². The third kappa shape index (κ3) is 3.04. The van der Waals surface area contributed by atoms with Gasteiger partial charge in [0, 0.05) is 16.6 Å². The van der Waals surface area contributed by atoms with Crippen LogP contribution in [0.3, 0.4) is 0 Å². The number of halogens is 1. The van der Waals surface area contributed by atoms with E-state index < -0.39 is 0 Å². The molecule has 0 fully saturated rings. The third-order valence-corrected chi connectivity index (χ3v) is 3.78. The van der Waals surface area contributed by atoms with Gasteiger partial charge in [0.1, 0.15) is 5.82 Å². The lowest BCUT2D eigenvalue weighted by molar-refractivity contribution is 0.101. The standard InChI is InChI=1S/C20H16FNO/c1-13-20(14(2)23)18(17-5-3-4-6-19(17)22-13)12-9-15-7-10-16(21)11-8-15/h3-12H,1-2H3/b12-9+. The number of Topliss-reactive ketones (excluding diaryl/α,β-unsaturated/α-hetero) is 1. The summed E-state index contributed by atoms with van der Waals surface area (Å²) < 4.78 is 13.0. The van der Waals surface area contributed by atoms with Crippen LogP contribution in [-0.2, 0) is 0 Å². The Bertz CT molecular complexity index is 911. The summed E-state index contributed by atoms with van der Waals surface area (Å²) in [5.74, 6) is -0.281. The fraction of sp³-hybridized carbons (Fsp3) is 0.100. The number of pyridine rings is 1. The Morgan fingerprint density at radius 2 is 1.74 bits per heavy atom. The molecule has 2 aromatic carbocycles. The van der Waals surface area contributed by atoms with Gasteiger partial charge in [-0.15, -0.1) is 0 Å². The van der Waals surface area contributed by atoms with Gasteiger partial charge in [-0.2, -0.15) is 0 Å². The van der Waals surface area contributed by atoms with Crippen LogP contribution >= 0.6 is 0 Å². The zero-order valence-corrected chi connectivity index (χ0v) is 13.0. The summed E-state index contributed by atoms with van der Waals surface area (Å²) in [7, 11) is 0. The van der Waals surface area contributed by atoms with E-state index in [9.17, 15) is 9.18 Å². The zero-order chi connectivity index (χ0) is 16.4. The lowest BCUT2D eigenvalue weighted by atomic mass is 9.97. The van der Waals surface area contributed by atoms with Crippen LogP contribution in [0.5, 0.6) is 0 Å². The van der Waals surface area contributed by atoms with Gasteiger partial charge >= 0.3 is 0 Å². The van der Waals surface area contributed by atoms with Crippen molar-refractivity contribution in [3.05, 3.63) is 76.7 Å². The summed E-state index contributed by atoms with van der Waals surface area (Å²) in [4.78, 5) is 16.6. The Morgan fingerprint density at radius 3 is 2.43 bits per heavy atom. The van der Waals surface area contributed by atoms with Gasteiger partial charge in [0.15, 0.2) is 5.78 Å². The number of nitrogens with zero attached hydrogens (tertiary/aromatic N) is 1. The number of carbonyl (C=O) groups excluding carboxylic acids is 1. The molecule has 0 aliphatic heterocycles. The number of hydrogen-bond donors (Lipinski definition) is 0. The highest BCUT2D eigenvalue weighted by Gasteiger charge is 2.13. The van der Waals surface area contributed by atoms with Crippen LogP contribution in [-0.4, -0.2) is 10.8 Å². The van der Waals surface area contributed by atoms with Crippen LogP contribution in [0.15, 0.2) is 48.5 Å². The molecule has 3 rings (SSSR count). The minimum atomic E-state index is -0.267. The fourth-order valence-electron chi connectivity index (χ4n) is 2.74. The number of aryl methyl sites for hydroxylation is 1. The first-order valence-corrected chi connectivity index (χ1v) is 7.40. The molecule has 0 aliphatic rings. The molecule has 114 valence electrons. The Balaban J connectivity index is 2.19. The maximum absolute atomic E-state index is 13.0. The van der Waals surface area contributed by atoms with Gasteiger partial charge < -0.3 is 0 Å². The maximum atomic E-state index is 13.0. The number of fused-ring (bicyclic) bond motifs is 1. The van der Waals surface area contributed by atoms with E-state index in [1.165, 1.54) is 12.1 Å². The molecule has 0 aliphatic carbocycles. The average molecular weight is 305 g/mol. The van der Waals surface area contributed by atoms with Gasteiger partial charge in [-0.3, -0.25) is 9.78 Å². The highest BCUT2D eigenvalue weighted by atomic mass is 19.1. The van der Waals surface area contributed by atoms with Crippen LogP contribution in [0.4, 0.5) is 4.39 Å². The van der Waals surface area contributed by atoms with Crippen molar-refractivity contribution in [1.29, 1.82) is 0 Å².